The normalized spacial score (nSPS) is 21.0. The Labute approximate surface area is 126 Å². The van der Waals surface area contributed by atoms with Crippen LogP contribution in [0.4, 0.5) is 0 Å². The highest BCUT2D eigenvalue weighted by molar-refractivity contribution is 5.45. The molecule has 3 rings (SSSR count). The fourth-order valence-electron chi connectivity index (χ4n) is 3.41. The van der Waals surface area contributed by atoms with Crippen molar-refractivity contribution in [3.8, 4) is 0 Å². The van der Waals surface area contributed by atoms with Crippen molar-refractivity contribution in [2.45, 2.75) is 31.3 Å². The lowest BCUT2D eigenvalue weighted by Gasteiger charge is -2.40. The van der Waals surface area contributed by atoms with E-state index in [1.165, 1.54) is 16.7 Å². The van der Waals surface area contributed by atoms with E-state index in [9.17, 15) is 0 Å². The summed E-state index contributed by atoms with van der Waals surface area (Å²) >= 11 is 0. The number of hydrogen-bond acceptors (Lipinski definition) is 2. The Morgan fingerprint density at radius 1 is 0.952 bits per heavy atom. The summed E-state index contributed by atoms with van der Waals surface area (Å²) in [6.07, 6.45) is 2.86. The largest absolute Gasteiger partial charge is 0.396 e. The summed E-state index contributed by atoms with van der Waals surface area (Å²) in [5.74, 6) is 0. The highest BCUT2D eigenvalue weighted by atomic mass is 16.5. The Morgan fingerprint density at radius 2 is 1.71 bits per heavy atom. The van der Waals surface area contributed by atoms with E-state index in [0.29, 0.717) is 6.61 Å². The first-order valence-corrected chi connectivity index (χ1v) is 7.69. The zero-order valence-corrected chi connectivity index (χ0v) is 12.3. The number of ether oxygens (including phenoxy) is 1. The summed E-state index contributed by atoms with van der Waals surface area (Å²) in [7, 11) is 0. The Bertz CT molecular complexity index is 579. The van der Waals surface area contributed by atoms with Crippen LogP contribution < -0.4 is 0 Å². The van der Waals surface area contributed by atoms with Gasteiger partial charge in [0.05, 0.1) is 13.2 Å². The second-order valence-electron chi connectivity index (χ2n) is 5.78. The van der Waals surface area contributed by atoms with E-state index in [-0.39, 0.29) is 12.0 Å². The second kappa shape index (κ2) is 6.42. The molecule has 0 saturated carbocycles. The molecule has 0 amide bonds. The molecule has 2 aromatic rings. The van der Waals surface area contributed by atoms with Gasteiger partial charge in [-0.3, -0.25) is 0 Å². The number of aliphatic hydroxyl groups is 1. The van der Waals surface area contributed by atoms with E-state index in [2.05, 4.69) is 54.6 Å². The predicted molar refractivity (Wildman–Crippen MR) is 84.3 cm³/mol. The second-order valence-corrected chi connectivity index (χ2v) is 5.78. The number of unbranched alkanes of at least 4 members (excludes halogenated alkanes) is 1. The minimum Gasteiger partial charge on any atom is -0.396 e. The van der Waals surface area contributed by atoms with Crippen molar-refractivity contribution >= 4 is 0 Å². The lowest BCUT2D eigenvalue weighted by Crippen LogP contribution is -2.37. The SMILES string of the molecule is OCCCCC1(c2ccccc2)COCc2ccccc21. The third-order valence-corrected chi connectivity index (χ3v) is 4.48. The number of hydrogen-bond donors (Lipinski definition) is 1. The molecule has 0 aliphatic carbocycles. The molecule has 21 heavy (non-hydrogen) atoms. The Balaban J connectivity index is 2.05. The smallest absolute Gasteiger partial charge is 0.0720 e. The van der Waals surface area contributed by atoms with Crippen LogP contribution >= 0.6 is 0 Å². The highest BCUT2D eigenvalue weighted by Gasteiger charge is 2.38. The zero-order chi connectivity index (χ0) is 14.5. The van der Waals surface area contributed by atoms with Crippen LogP contribution in [-0.4, -0.2) is 18.3 Å². The topological polar surface area (TPSA) is 29.5 Å². The molecular weight excluding hydrogens is 260 g/mol. The molecule has 2 heteroatoms. The predicted octanol–water partition coefficient (Wildman–Crippen LogP) is 3.67. The van der Waals surface area contributed by atoms with Crippen LogP contribution in [0.1, 0.15) is 36.0 Å². The Morgan fingerprint density at radius 3 is 2.52 bits per heavy atom. The Kier molecular flexibility index (Phi) is 4.37. The minimum absolute atomic E-state index is 0.0781. The molecule has 1 N–H and O–H groups in total. The van der Waals surface area contributed by atoms with E-state index in [4.69, 9.17) is 9.84 Å². The molecule has 1 aliphatic rings. The first-order valence-electron chi connectivity index (χ1n) is 7.69. The third-order valence-electron chi connectivity index (χ3n) is 4.48. The summed E-state index contributed by atoms with van der Waals surface area (Å²) in [4.78, 5) is 0. The van der Waals surface area contributed by atoms with Gasteiger partial charge in [-0.1, -0.05) is 54.6 Å². The third kappa shape index (κ3) is 2.74. The number of benzene rings is 2. The Hall–Kier alpha value is -1.64. The van der Waals surface area contributed by atoms with E-state index < -0.39 is 0 Å². The van der Waals surface area contributed by atoms with Crippen LogP contribution in [0.25, 0.3) is 0 Å². The average Bonchev–Trinajstić information content (AvgIpc) is 2.56. The highest BCUT2D eigenvalue weighted by Crippen LogP contribution is 2.42. The van der Waals surface area contributed by atoms with Crippen molar-refractivity contribution in [2.24, 2.45) is 0 Å². The van der Waals surface area contributed by atoms with Gasteiger partial charge >= 0.3 is 0 Å². The summed E-state index contributed by atoms with van der Waals surface area (Å²) in [6, 6.07) is 19.3. The van der Waals surface area contributed by atoms with Crippen molar-refractivity contribution in [3.63, 3.8) is 0 Å². The first kappa shape index (κ1) is 14.3. The summed E-state index contributed by atoms with van der Waals surface area (Å²) < 4.78 is 5.93. The quantitative estimate of drug-likeness (QED) is 0.848. The molecule has 2 aromatic carbocycles. The molecule has 1 aliphatic heterocycles. The maximum atomic E-state index is 9.11. The maximum Gasteiger partial charge on any atom is 0.0720 e. The van der Waals surface area contributed by atoms with Crippen LogP contribution in [-0.2, 0) is 16.8 Å². The van der Waals surface area contributed by atoms with Gasteiger partial charge < -0.3 is 9.84 Å². The van der Waals surface area contributed by atoms with E-state index >= 15 is 0 Å². The van der Waals surface area contributed by atoms with Gasteiger partial charge in [-0.15, -0.1) is 0 Å². The molecule has 0 aromatic heterocycles. The van der Waals surface area contributed by atoms with Crippen molar-refractivity contribution in [1.82, 2.24) is 0 Å². The lowest BCUT2D eigenvalue weighted by molar-refractivity contribution is 0.0605. The van der Waals surface area contributed by atoms with Gasteiger partial charge in [0, 0.05) is 12.0 Å². The zero-order valence-electron chi connectivity index (χ0n) is 12.3. The standard InChI is InChI=1S/C19H22O2/c20-13-7-6-12-19(17-9-2-1-3-10-17)15-21-14-16-8-4-5-11-18(16)19/h1-5,8-11,20H,6-7,12-15H2. The molecule has 1 unspecified atom stereocenters. The van der Waals surface area contributed by atoms with Crippen LogP contribution in [0.2, 0.25) is 0 Å². The molecule has 110 valence electrons. The van der Waals surface area contributed by atoms with Gasteiger partial charge in [0.2, 0.25) is 0 Å². The monoisotopic (exact) mass is 282 g/mol. The van der Waals surface area contributed by atoms with Gasteiger partial charge in [-0.05, 0) is 36.0 Å². The fourth-order valence-corrected chi connectivity index (χ4v) is 3.41. The minimum atomic E-state index is -0.0781. The fraction of sp³-hybridized carbons (Fsp3) is 0.368. The number of aliphatic hydroxyl groups excluding tert-OH is 1. The van der Waals surface area contributed by atoms with Crippen LogP contribution in [0.3, 0.4) is 0 Å². The van der Waals surface area contributed by atoms with Crippen molar-refractivity contribution < 1.29 is 9.84 Å². The van der Waals surface area contributed by atoms with Gasteiger partial charge in [0.15, 0.2) is 0 Å². The van der Waals surface area contributed by atoms with Crippen molar-refractivity contribution in [3.05, 3.63) is 71.3 Å². The van der Waals surface area contributed by atoms with Gasteiger partial charge in [-0.2, -0.15) is 0 Å². The molecule has 0 radical (unpaired) electrons. The van der Waals surface area contributed by atoms with Crippen LogP contribution in [0.15, 0.2) is 54.6 Å². The molecule has 1 heterocycles. The van der Waals surface area contributed by atoms with Crippen LogP contribution in [0, 0.1) is 0 Å². The summed E-state index contributed by atoms with van der Waals surface area (Å²) in [5.41, 5.74) is 3.91. The molecule has 0 bridgehead atoms. The molecule has 0 spiro atoms. The van der Waals surface area contributed by atoms with Gasteiger partial charge in [0.1, 0.15) is 0 Å². The molecular formula is C19H22O2. The van der Waals surface area contributed by atoms with E-state index in [1.54, 1.807) is 0 Å². The molecule has 0 fully saturated rings. The average molecular weight is 282 g/mol. The maximum absolute atomic E-state index is 9.11. The summed E-state index contributed by atoms with van der Waals surface area (Å²) in [6.45, 7) is 1.68. The number of fused-ring (bicyclic) bond motifs is 1. The molecule has 2 nitrogen and oxygen atoms in total. The number of rotatable bonds is 5. The van der Waals surface area contributed by atoms with Crippen molar-refractivity contribution in [1.29, 1.82) is 0 Å². The van der Waals surface area contributed by atoms with Gasteiger partial charge in [-0.25, -0.2) is 0 Å². The van der Waals surface area contributed by atoms with Crippen LogP contribution in [0.5, 0.6) is 0 Å². The van der Waals surface area contributed by atoms with E-state index in [0.717, 1.165) is 25.9 Å². The molecule has 0 saturated heterocycles. The first-order chi connectivity index (χ1) is 10.4. The molecule has 1 atom stereocenters. The lowest BCUT2D eigenvalue weighted by atomic mass is 9.69. The van der Waals surface area contributed by atoms with E-state index in [1.807, 2.05) is 0 Å². The van der Waals surface area contributed by atoms with Gasteiger partial charge in [0.25, 0.3) is 0 Å². The van der Waals surface area contributed by atoms with Crippen molar-refractivity contribution in [2.75, 3.05) is 13.2 Å². The summed E-state index contributed by atoms with van der Waals surface area (Å²) in [5, 5.41) is 9.11.